The van der Waals surface area contributed by atoms with Gasteiger partial charge in [-0.15, -0.1) is 0 Å². The molecule has 0 unspecified atom stereocenters. The van der Waals surface area contributed by atoms with Crippen molar-refractivity contribution in [1.82, 2.24) is 0 Å². The number of anilines is 3. The smallest absolute Gasteiger partial charge is 0.0546 e. The molecule has 0 saturated carbocycles. The number of rotatable bonds is 4. The Kier molecular flexibility index (Phi) is 5.39. The molecule has 0 aliphatic heterocycles. The molecule has 8 rings (SSSR count). The third-order valence-corrected chi connectivity index (χ3v) is 9.19. The molecular weight excluding hydrogens is 506 g/mol. The van der Waals surface area contributed by atoms with Crippen LogP contribution in [0.2, 0.25) is 0 Å². The monoisotopic (exact) mass is 537 g/mol. The Labute approximate surface area is 248 Å². The fourth-order valence-corrected chi connectivity index (χ4v) is 7.08. The standard InChI is InChI=1S/C41H31N/c1-27-32-14-7-8-15-33(32)36-17-11-19-39(40(27)36)42(30-22-20-29(21-23-30)28-12-5-4-6-13-28)31-24-25-35-34-16-9-10-18-37(34)41(2,3)38(35)26-31/h4-26H,1H2,2-3H3. The van der Waals surface area contributed by atoms with Crippen LogP contribution in [0.15, 0.2) is 146 Å². The van der Waals surface area contributed by atoms with Crippen LogP contribution < -0.4 is 4.90 Å². The largest absolute Gasteiger partial charge is 0.310 e. The second-order valence-electron chi connectivity index (χ2n) is 11.9. The highest BCUT2D eigenvalue weighted by atomic mass is 15.1. The summed E-state index contributed by atoms with van der Waals surface area (Å²) in [4.78, 5) is 2.42. The van der Waals surface area contributed by atoms with Crippen molar-refractivity contribution in [3.8, 4) is 33.4 Å². The minimum absolute atomic E-state index is 0.0801. The molecule has 1 nitrogen and oxygen atoms in total. The average Bonchev–Trinajstić information content (AvgIpc) is 3.46. The summed E-state index contributed by atoms with van der Waals surface area (Å²) in [6.07, 6.45) is 0. The van der Waals surface area contributed by atoms with E-state index in [1.54, 1.807) is 0 Å². The van der Waals surface area contributed by atoms with E-state index in [1.165, 1.54) is 55.6 Å². The SMILES string of the molecule is C=C1c2ccccc2-c2cccc(N(c3ccc(-c4ccccc4)cc3)c3ccc4c(c3)C(C)(C)c3ccccc3-4)c21. The third-order valence-electron chi connectivity index (χ3n) is 9.19. The van der Waals surface area contributed by atoms with Crippen LogP contribution in [0.1, 0.15) is 36.1 Å². The maximum atomic E-state index is 4.60. The summed E-state index contributed by atoms with van der Waals surface area (Å²) in [6.45, 7) is 9.30. The molecule has 0 saturated heterocycles. The van der Waals surface area contributed by atoms with Crippen molar-refractivity contribution in [2.45, 2.75) is 19.3 Å². The third kappa shape index (κ3) is 3.57. The minimum Gasteiger partial charge on any atom is -0.310 e. The first-order valence-corrected chi connectivity index (χ1v) is 14.6. The number of nitrogens with zero attached hydrogens (tertiary/aromatic N) is 1. The molecule has 1 heteroatoms. The molecule has 2 aliphatic rings. The van der Waals surface area contributed by atoms with Gasteiger partial charge in [-0.05, 0) is 86.0 Å². The predicted molar refractivity (Wildman–Crippen MR) is 178 cm³/mol. The second kappa shape index (κ2) is 9.19. The number of hydrogen-bond acceptors (Lipinski definition) is 1. The molecule has 0 spiro atoms. The van der Waals surface area contributed by atoms with E-state index in [0.717, 1.165) is 22.6 Å². The van der Waals surface area contributed by atoms with Crippen LogP contribution in [0.4, 0.5) is 17.1 Å². The van der Waals surface area contributed by atoms with Crippen molar-refractivity contribution in [3.63, 3.8) is 0 Å². The van der Waals surface area contributed by atoms with E-state index < -0.39 is 0 Å². The van der Waals surface area contributed by atoms with E-state index in [2.05, 4.69) is 165 Å². The van der Waals surface area contributed by atoms with Crippen LogP contribution >= 0.6 is 0 Å². The van der Waals surface area contributed by atoms with Crippen molar-refractivity contribution >= 4 is 22.6 Å². The number of benzene rings is 6. The molecule has 0 atom stereocenters. The van der Waals surface area contributed by atoms with Crippen LogP contribution in [0, 0.1) is 0 Å². The van der Waals surface area contributed by atoms with Crippen LogP contribution in [-0.4, -0.2) is 0 Å². The number of hydrogen-bond donors (Lipinski definition) is 0. The molecule has 0 radical (unpaired) electrons. The van der Waals surface area contributed by atoms with Gasteiger partial charge in [0.25, 0.3) is 0 Å². The molecular formula is C41H31N. The summed E-state index contributed by atoms with van der Waals surface area (Å²) in [6, 6.07) is 50.7. The zero-order chi connectivity index (χ0) is 28.4. The molecule has 0 bridgehead atoms. The molecule has 0 heterocycles. The molecule has 6 aromatic carbocycles. The zero-order valence-electron chi connectivity index (χ0n) is 23.9. The first kappa shape index (κ1) is 24.6. The fourth-order valence-electron chi connectivity index (χ4n) is 7.08. The highest BCUT2D eigenvalue weighted by Crippen LogP contribution is 2.53. The van der Waals surface area contributed by atoms with Gasteiger partial charge >= 0.3 is 0 Å². The van der Waals surface area contributed by atoms with Gasteiger partial charge in [0.2, 0.25) is 0 Å². The molecule has 0 aromatic heterocycles. The fraction of sp³-hybridized carbons (Fsp3) is 0.0732. The first-order chi connectivity index (χ1) is 20.5. The van der Waals surface area contributed by atoms with Gasteiger partial charge in [0, 0.05) is 22.4 Å². The van der Waals surface area contributed by atoms with E-state index >= 15 is 0 Å². The van der Waals surface area contributed by atoms with Crippen molar-refractivity contribution < 1.29 is 0 Å². The summed E-state index contributed by atoms with van der Waals surface area (Å²) in [5.41, 5.74) is 17.2. The maximum Gasteiger partial charge on any atom is 0.0546 e. The summed E-state index contributed by atoms with van der Waals surface area (Å²) in [5.74, 6) is 0. The minimum atomic E-state index is -0.0801. The van der Waals surface area contributed by atoms with Crippen LogP contribution in [0.3, 0.4) is 0 Å². The Morgan fingerprint density at radius 1 is 0.476 bits per heavy atom. The van der Waals surface area contributed by atoms with E-state index in [-0.39, 0.29) is 5.41 Å². The summed E-state index contributed by atoms with van der Waals surface area (Å²) >= 11 is 0. The molecule has 0 amide bonds. The van der Waals surface area contributed by atoms with E-state index in [1.807, 2.05) is 0 Å². The highest BCUT2D eigenvalue weighted by Gasteiger charge is 2.36. The Balaban J connectivity index is 1.33. The second-order valence-corrected chi connectivity index (χ2v) is 11.9. The normalized spacial score (nSPS) is 13.7. The summed E-state index contributed by atoms with van der Waals surface area (Å²) in [5, 5.41) is 0. The Morgan fingerprint density at radius 2 is 1.07 bits per heavy atom. The quantitative estimate of drug-likeness (QED) is 0.216. The lowest BCUT2D eigenvalue weighted by Gasteiger charge is -2.30. The zero-order valence-corrected chi connectivity index (χ0v) is 23.9. The van der Waals surface area contributed by atoms with Crippen molar-refractivity contribution in [3.05, 3.63) is 168 Å². The van der Waals surface area contributed by atoms with Gasteiger partial charge < -0.3 is 4.90 Å². The van der Waals surface area contributed by atoms with Crippen molar-refractivity contribution in [2.24, 2.45) is 0 Å². The molecule has 200 valence electrons. The predicted octanol–water partition coefficient (Wildman–Crippen LogP) is 11.2. The van der Waals surface area contributed by atoms with Gasteiger partial charge in [0.1, 0.15) is 0 Å². The molecule has 0 fully saturated rings. The van der Waals surface area contributed by atoms with Gasteiger partial charge in [-0.3, -0.25) is 0 Å². The summed E-state index contributed by atoms with van der Waals surface area (Å²) in [7, 11) is 0. The lowest BCUT2D eigenvalue weighted by Crippen LogP contribution is -2.17. The van der Waals surface area contributed by atoms with E-state index in [9.17, 15) is 0 Å². The Morgan fingerprint density at radius 3 is 1.86 bits per heavy atom. The first-order valence-electron chi connectivity index (χ1n) is 14.6. The molecule has 0 N–H and O–H groups in total. The van der Waals surface area contributed by atoms with Gasteiger partial charge in [-0.1, -0.05) is 130 Å². The van der Waals surface area contributed by atoms with Crippen LogP contribution in [0.5, 0.6) is 0 Å². The van der Waals surface area contributed by atoms with Crippen LogP contribution in [-0.2, 0) is 5.41 Å². The van der Waals surface area contributed by atoms with Gasteiger partial charge in [0.05, 0.1) is 5.69 Å². The molecule has 2 aliphatic carbocycles. The lowest BCUT2D eigenvalue weighted by molar-refractivity contribution is 0.660. The highest BCUT2D eigenvalue weighted by molar-refractivity contribution is 6.06. The number of fused-ring (bicyclic) bond motifs is 6. The molecule has 6 aromatic rings. The Bertz CT molecular complexity index is 2010. The van der Waals surface area contributed by atoms with E-state index in [0.29, 0.717) is 0 Å². The van der Waals surface area contributed by atoms with E-state index in [4.69, 9.17) is 0 Å². The molecule has 42 heavy (non-hydrogen) atoms. The summed E-state index contributed by atoms with van der Waals surface area (Å²) < 4.78 is 0. The topological polar surface area (TPSA) is 3.24 Å². The van der Waals surface area contributed by atoms with Gasteiger partial charge in [-0.25, -0.2) is 0 Å². The van der Waals surface area contributed by atoms with Crippen molar-refractivity contribution in [2.75, 3.05) is 4.90 Å². The van der Waals surface area contributed by atoms with Gasteiger partial charge in [0.15, 0.2) is 0 Å². The maximum absolute atomic E-state index is 4.60. The van der Waals surface area contributed by atoms with Crippen molar-refractivity contribution in [1.29, 1.82) is 0 Å². The average molecular weight is 538 g/mol. The van der Waals surface area contributed by atoms with Gasteiger partial charge in [-0.2, -0.15) is 0 Å². The van der Waals surface area contributed by atoms with Crippen LogP contribution in [0.25, 0.3) is 39.0 Å². The lowest BCUT2D eigenvalue weighted by atomic mass is 9.82. The Hall–Kier alpha value is -5.14.